The second kappa shape index (κ2) is 5.60. The number of benzene rings is 1. The van der Waals surface area contributed by atoms with Gasteiger partial charge >= 0.3 is 0 Å². The molecule has 0 heterocycles. The fourth-order valence-electron chi connectivity index (χ4n) is 0.883. The molecule has 0 atom stereocenters. The van der Waals surface area contributed by atoms with Gasteiger partial charge in [-0.05, 0) is 11.6 Å². The number of hydrogen-bond acceptors (Lipinski definition) is 1. The van der Waals surface area contributed by atoms with Crippen LogP contribution in [-0.2, 0) is 11.3 Å². The van der Waals surface area contributed by atoms with Gasteiger partial charge < -0.3 is 4.74 Å². The lowest BCUT2D eigenvalue weighted by atomic mass is 10.2. The lowest BCUT2D eigenvalue weighted by Gasteiger charge is -1.99. The van der Waals surface area contributed by atoms with Crippen molar-refractivity contribution in [3.05, 3.63) is 48.2 Å². The highest BCUT2D eigenvalue weighted by Gasteiger charge is 1.86. The molecule has 0 saturated heterocycles. The standard InChI is InChI=1S/C10H14OSi/c12-8-4-7-11-9-10-5-2-1-3-6-10/h1-7H,8-9H2,12H3. The minimum Gasteiger partial charge on any atom is -0.497 e. The van der Waals surface area contributed by atoms with E-state index in [0.29, 0.717) is 6.61 Å². The topological polar surface area (TPSA) is 9.23 Å². The normalized spacial score (nSPS) is 10.7. The molecule has 0 aliphatic heterocycles. The molecule has 0 aromatic heterocycles. The monoisotopic (exact) mass is 178 g/mol. The molecule has 12 heavy (non-hydrogen) atoms. The molecule has 0 bridgehead atoms. The molecule has 1 nitrogen and oxygen atoms in total. The Morgan fingerprint density at radius 2 is 2.00 bits per heavy atom. The molecule has 0 aliphatic carbocycles. The Morgan fingerprint density at radius 1 is 1.25 bits per heavy atom. The van der Waals surface area contributed by atoms with Crippen molar-refractivity contribution in [1.29, 1.82) is 0 Å². The Labute approximate surface area is 76.5 Å². The number of allylic oxidation sites excluding steroid dienone is 1. The second-order valence-electron chi connectivity index (χ2n) is 2.58. The summed E-state index contributed by atoms with van der Waals surface area (Å²) in [6.45, 7) is 0.679. The lowest BCUT2D eigenvalue weighted by Crippen LogP contribution is -1.84. The maximum Gasteiger partial charge on any atom is 0.112 e. The van der Waals surface area contributed by atoms with E-state index < -0.39 is 0 Å². The number of ether oxygens (including phenoxy) is 1. The van der Waals surface area contributed by atoms with Crippen LogP contribution in [0.4, 0.5) is 0 Å². The van der Waals surface area contributed by atoms with E-state index in [0.717, 1.165) is 6.04 Å². The molecule has 1 aromatic carbocycles. The van der Waals surface area contributed by atoms with E-state index in [1.807, 2.05) is 18.2 Å². The largest absolute Gasteiger partial charge is 0.497 e. The third kappa shape index (κ3) is 3.39. The van der Waals surface area contributed by atoms with Crippen molar-refractivity contribution in [2.75, 3.05) is 0 Å². The molecule has 0 amide bonds. The maximum atomic E-state index is 5.30. The first-order chi connectivity index (χ1) is 5.93. The van der Waals surface area contributed by atoms with Gasteiger partial charge in [-0.3, -0.25) is 0 Å². The Hall–Kier alpha value is -1.02. The summed E-state index contributed by atoms with van der Waals surface area (Å²) in [7, 11) is 1.21. The lowest BCUT2D eigenvalue weighted by molar-refractivity contribution is 0.236. The Morgan fingerprint density at radius 3 is 2.67 bits per heavy atom. The fourth-order valence-corrected chi connectivity index (χ4v) is 1.08. The maximum absolute atomic E-state index is 5.30. The number of hydrogen-bond donors (Lipinski definition) is 0. The summed E-state index contributed by atoms with van der Waals surface area (Å²) < 4.78 is 5.30. The van der Waals surface area contributed by atoms with Gasteiger partial charge in [0.05, 0.1) is 6.26 Å². The van der Waals surface area contributed by atoms with E-state index in [2.05, 4.69) is 18.2 Å². The van der Waals surface area contributed by atoms with Gasteiger partial charge in [0.1, 0.15) is 6.61 Å². The average Bonchev–Trinajstić information content (AvgIpc) is 2.14. The molecule has 2 heteroatoms. The zero-order chi connectivity index (χ0) is 8.65. The minimum atomic E-state index is 0.679. The van der Waals surface area contributed by atoms with Crippen molar-refractivity contribution in [2.24, 2.45) is 0 Å². The van der Waals surface area contributed by atoms with E-state index >= 15 is 0 Å². The summed E-state index contributed by atoms with van der Waals surface area (Å²) in [5.74, 6) is 0. The second-order valence-corrected chi connectivity index (χ2v) is 3.39. The van der Waals surface area contributed by atoms with Crippen molar-refractivity contribution in [2.45, 2.75) is 12.7 Å². The smallest absolute Gasteiger partial charge is 0.112 e. The van der Waals surface area contributed by atoms with Crippen LogP contribution in [0.25, 0.3) is 0 Å². The third-order valence-corrected chi connectivity index (χ3v) is 1.99. The van der Waals surface area contributed by atoms with E-state index in [-0.39, 0.29) is 0 Å². The van der Waals surface area contributed by atoms with Crippen LogP contribution in [-0.4, -0.2) is 10.2 Å². The molecule has 0 radical (unpaired) electrons. The van der Waals surface area contributed by atoms with Crippen molar-refractivity contribution in [3.8, 4) is 0 Å². The fraction of sp³-hybridized carbons (Fsp3) is 0.200. The van der Waals surface area contributed by atoms with Crippen LogP contribution in [0.5, 0.6) is 0 Å². The Bertz CT molecular complexity index is 231. The predicted molar refractivity (Wildman–Crippen MR) is 55.1 cm³/mol. The highest BCUT2D eigenvalue weighted by atomic mass is 28.1. The highest BCUT2D eigenvalue weighted by molar-refractivity contribution is 6.09. The molecular formula is C10H14OSi. The van der Waals surface area contributed by atoms with Crippen LogP contribution in [0.2, 0.25) is 6.04 Å². The first-order valence-corrected chi connectivity index (χ1v) is 5.65. The van der Waals surface area contributed by atoms with Crippen LogP contribution in [0.1, 0.15) is 5.56 Å². The molecule has 0 spiro atoms. The SMILES string of the molecule is [SiH3]CC=COCc1ccccc1. The van der Waals surface area contributed by atoms with Gasteiger partial charge in [-0.25, -0.2) is 0 Å². The Kier molecular flexibility index (Phi) is 4.24. The zero-order valence-corrected chi connectivity index (χ0v) is 9.36. The van der Waals surface area contributed by atoms with Crippen molar-refractivity contribution < 1.29 is 4.74 Å². The van der Waals surface area contributed by atoms with E-state index in [9.17, 15) is 0 Å². The molecule has 64 valence electrons. The number of rotatable bonds is 4. The zero-order valence-electron chi connectivity index (χ0n) is 7.36. The summed E-state index contributed by atoms with van der Waals surface area (Å²) >= 11 is 0. The molecule has 0 aliphatic rings. The van der Waals surface area contributed by atoms with Crippen LogP contribution in [0.3, 0.4) is 0 Å². The minimum absolute atomic E-state index is 0.679. The van der Waals surface area contributed by atoms with Gasteiger partial charge in [0.25, 0.3) is 0 Å². The van der Waals surface area contributed by atoms with Crippen molar-refractivity contribution in [3.63, 3.8) is 0 Å². The molecule has 1 rings (SSSR count). The van der Waals surface area contributed by atoms with Crippen molar-refractivity contribution >= 4 is 10.2 Å². The van der Waals surface area contributed by atoms with E-state index in [4.69, 9.17) is 4.74 Å². The summed E-state index contributed by atoms with van der Waals surface area (Å²) in [6, 6.07) is 11.3. The molecule has 0 fully saturated rings. The molecule has 0 unspecified atom stereocenters. The molecule has 0 N–H and O–H groups in total. The first-order valence-electron chi connectivity index (χ1n) is 4.24. The van der Waals surface area contributed by atoms with Crippen molar-refractivity contribution in [1.82, 2.24) is 0 Å². The van der Waals surface area contributed by atoms with Gasteiger partial charge in [0, 0.05) is 10.2 Å². The Balaban J connectivity index is 2.29. The van der Waals surface area contributed by atoms with Crippen LogP contribution >= 0.6 is 0 Å². The van der Waals surface area contributed by atoms with Gasteiger partial charge in [0.15, 0.2) is 0 Å². The quantitative estimate of drug-likeness (QED) is 0.501. The summed E-state index contributed by atoms with van der Waals surface area (Å²) in [5, 5.41) is 0. The van der Waals surface area contributed by atoms with Crippen LogP contribution in [0, 0.1) is 0 Å². The first kappa shape index (κ1) is 9.07. The van der Waals surface area contributed by atoms with Gasteiger partial charge in [-0.2, -0.15) is 0 Å². The molecular weight excluding hydrogens is 164 g/mol. The summed E-state index contributed by atoms with van der Waals surface area (Å²) in [4.78, 5) is 0. The third-order valence-electron chi connectivity index (χ3n) is 1.52. The summed E-state index contributed by atoms with van der Waals surface area (Å²) in [5.41, 5.74) is 1.22. The van der Waals surface area contributed by atoms with Crippen LogP contribution in [0.15, 0.2) is 42.7 Å². The average molecular weight is 178 g/mol. The van der Waals surface area contributed by atoms with Gasteiger partial charge in [0.2, 0.25) is 0 Å². The van der Waals surface area contributed by atoms with Crippen LogP contribution < -0.4 is 0 Å². The van der Waals surface area contributed by atoms with Gasteiger partial charge in [-0.1, -0.05) is 36.4 Å². The molecule has 1 aromatic rings. The van der Waals surface area contributed by atoms with E-state index in [1.54, 1.807) is 6.26 Å². The van der Waals surface area contributed by atoms with E-state index in [1.165, 1.54) is 15.8 Å². The predicted octanol–water partition coefficient (Wildman–Crippen LogP) is 1.50. The molecule has 0 saturated carbocycles. The van der Waals surface area contributed by atoms with Gasteiger partial charge in [-0.15, -0.1) is 0 Å². The summed E-state index contributed by atoms with van der Waals surface area (Å²) in [6.07, 6.45) is 3.86. The highest BCUT2D eigenvalue weighted by Crippen LogP contribution is 2.00.